The standard InChI is InChI=1S/C41H56N8O6/c1-41-19-8-11-30(18-22-47-39(54)33-14-7-15-34(36(33)51)40(55)48-27-41)43-24-23-42-28-9-4-2-3-5-10-29(44-25-26-49-41)17-21-46-38(53)32-13-6-12-31(35(32)50)37(52)45-20-16-28/h6-7,12-18,42-44,49-51H,2-5,8-11,19-27H2,1H3,(H,45,52)(H,46,53)(H,47,54)(H,48,55)/b28-16+,29-17+,30-18+. The second kappa shape index (κ2) is 20.3. The fourth-order valence-corrected chi connectivity index (χ4v) is 6.99. The molecule has 14 heteroatoms. The molecule has 0 spiro atoms. The molecule has 8 bridgehead atoms. The Balaban J connectivity index is 1.43. The molecule has 1 atom stereocenters. The maximum Gasteiger partial charge on any atom is 0.255 e. The van der Waals surface area contributed by atoms with Gasteiger partial charge in [-0.15, -0.1) is 0 Å². The van der Waals surface area contributed by atoms with E-state index in [0.29, 0.717) is 32.6 Å². The SMILES string of the molecule is CC12CCC/C(=C\CNC(=O)c3cccc(c3O)C(=O)NC1)NCCN/C1=C/CNC(=O)c3cccc(c3O)C(=O)NC/C=C(\CCCCCC1)NCCN2. The van der Waals surface area contributed by atoms with Gasteiger partial charge in [-0.25, -0.2) is 0 Å². The van der Waals surface area contributed by atoms with Crippen LogP contribution in [0.15, 0.2) is 71.7 Å². The quantitative estimate of drug-likeness (QED) is 0.190. The molecule has 10 N–H and O–H groups in total. The van der Waals surface area contributed by atoms with Gasteiger partial charge in [0.25, 0.3) is 23.6 Å². The van der Waals surface area contributed by atoms with Crippen LogP contribution in [-0.2, 0) is 0 Å². The zero-order valence-electron chi connectivity index (χ0n) is 31.7. The predicted molar refractivity (Wildman–Crippen MR) is 212 cm³/mol. The third-order valence-corrected chi connectivity index (χ3v) is 10.2. The van der Waals surface area contributed by atoms with Gasteiger partial charge in [0.05, 0.1) is 22.3 Å². The Labute approximate surface area is 323 Å². The summed E-state index contributed by atoms with van der Waals surface area (Å²) in [5.74, 6) is -2.63. The summed E-state index contributed by atoms with van der Waals surface area (Å²) in [5, 5.41) is 47.7. The van der Waals surface area contributed by atoms with Gasteiger partial charge in [0, 0.05) is 75.0 Å². The van der Waals surface area contributed by atoms with E-state index < -0.39 is 29.2 Å². The highest BCUT2D eigenvalue weighted by Crippen LogP contribution is 2.25. The molecule has 2 aromatic rings. The molecule has 1 unspecified atom stereocenters. The molecule has 4 amide bonds. The van der Waals surface area contributed by atoms with E-state index in [1.54, 1.807) is 12.1 Å². The Morgan fingerprint density at radius 3 is 1.31 bits per heavy atom. The fourth-order valence-electron chi connectivity index (χ4n) is 6.99. The molecule has 1 saturated heterocycles. The number of carbonyl (C=O) groups is 4. The summed E-state index contributed by atoms with van der Waals surface area (Å²) in [6, 6.07) is 9.15. The molecule has 14 nitrogen and oxygen atoms in total. The largest absolute Gasteiger partial charge is 0.506 e. The van der Waals surface area contributed by atoms with Crippen molar-refractivity contribution in [3.05, 3.63) is 94.0 Å². The molecule has 296 valence electrons. The molecule has 0 aliphatic carbocycles. The summed E-state index contributed by atoms with van der Waals surface area (Å²) in [6.07, 6.45) is 13.7. The van der Waals surface area contributed by atoms with Gasteiger partial charge in [0.15, 0.2) is 0 Å². The highest BCUT2D eigenvalue weighted by Gasteiger charge is 2.26. The average molecular weight is 757 g/mol. The summed E-state index contributed by atoms with van der Waals surface area (Å²) in [7, 11) is 0. The van der Waals surface area contributed by atoms with Gasteiger partial charge >= 0.3 is 0 Å². The van der Waals surface area contributed by atoms with Crippen LogP contribution in [0.4, 0.5) is 0 Å². The summed E-state index contributed by atoms with van der Waals surface area (Å²) in [4.78, 5) is 52.6. The summed E-state index contributed by atoms with van der Waals surface area (Å²) < 4.78 is 0. The zero-order valence-corrected chi connectivity index (χ0v) is 31.7. The van der Waals surface area contributed by atoms with E-state index in [4.69, 9.17) is 0 Å². The number of phenols is 2. The maximum atomic E-state index is 13.3. The van der Waals surface area contributed by atoms with Crippen molar-refractivity contribution in [2.24, 2.45) is 0 Å². The van der Waals surface area contributed by atoms with Crippen molar-refractivity contribution in [2.45, 2.75) is 70.3 Å². The Kier molecular flexibility index (Phi) is 15.0. The summed E-state index contributed by atoms with van der Waals surface area (Å²) in [6.45, 7) is 5.43. The molecule has 2 aromatic carbocycles. The molecule has 5 rings (SSSR count). The van der Waals surface area contributed by atoms with Crippen molar-refractivity contribution in [3.63, 3.8) is 0 Å². The first-order chi connectivity index (χ1) is 26.6. The van der Waals surface area contributed by atoms with Crippen LogP contribution in [0.1, 0.15) is 106 Å². The van der Waals surface area contributed by atoms with E-state index in [1.807, 2.05) is 18.2 Å². The first kappa shape index (κ1) is 40.7. The van der Waals surface area contributed by atoms with Gasteiger partial charge < -0.3 is 52.7 Å². The number of phenolic OH excluding ortho intramolecular Hbond substituents is 2. The van der Waals surface area contributed by atoms with Crippen LogP contribution >= 0.6 is 0 Å². The van der Waals surface area contributed by atoms with Crippen molar-refractivity contribution in [3.8, 4) is 11.5 Å². The number of benzene rings is 2. The number of carbonyl (C=O) groups excluding carboxylic acids is 4. The first-order valence-corrected chi connectivity index (χ1v) is 19.4. The summed E-state index contributed by atoms with van der Waals surface area (Å²) >= 11 is 0. The Hall–Kier alpha value is -5.50. The normalized spacial score (nSPS) is 24.8. The summed E-state index contributed by atoms with van der Waals surface area (Å²) in [5.41, 5.74) is 2.57. The molecular weight excluding hydrogens is 701 g/mol. The number of fused-ring (bicyclic) bond motifs is 15. The average Bonchev–Trinajstić information content (AvgIpc) is 3.16. The Morgan fingerprint density at radius 1 is 0.491 bits per heavy atom. The molecule has 55 heavy (non-hydrogen) atoms. The number of aromatic hydroxyl groups is 2. The van der Waals surface area contributed by atoms with Crippen molar-refractivity contribution in [1.29, 1.82) is 0 Å². The third kappa shape index (κ3) is 12.0. The van der Waals surface area contributed by atoms with Crippen molar-refractivity contribution >= 4 is 23.6 Å². The van der Waals surface area contributed by atoms with Crippen molar-refractivity contribution in [1.82, 2.24) is 42.5 Å². The number of hydrogen-bond acceptors (Lipinski definition) is 10. The van der Waals surface area contributed by atoms with Crippen LogP contribution in [-0.4, -0.2) is 91.7 Å². The number of nitrogens with one attached hydrogen (secondary N) is 8. The van der Waals surface area contributed by atoms with Gasteiger partial charge in [-0.05, 0) is 94.4 Å². The molecule has 3 heterocycles. The van der Waals surface area contributed by atoms with Gasteiger partial charge in [-0.1, -0.05) is 25.0 Å². The van der Waals surface area contributed by atoms with Crippen LogP contribution in [0.25, 0.3) is 0 Å². The lowest BCUT2D eigenvalue weighted by Crippen LogP contribution is -2.53. The van der Waals surface area contributed by atoms with E-state index in [9.17, 15) is 29.4 Å². The molecule has 3 aliphatic rings. The number of rotatable bonds is 0. The van der Waals surface area contributed by atoms with Gasteiger partial charge in [-0.2, -0.15) is 0 Å². The molecule has 1 fully saturated rings. The molecule has 0 aromatic heterocycles. The van der Waals surface area contributed by atoms with Gasteiger partial charge in [0.2, 0.25) is 0 Å². The molecular formula is C41H56N8O6. The Bertz CT molecular complexity index is 1790. The lowest BCUT2D eigenvalue weighted by Gasteiger charge is -2.32. The number of para-hydroxylation sites is 2. The van der Waals surface area contributed by atoms with Crippen LogP contribution in [0.3, 0.4) is 0 Å². The molecule has 0 saturated carbocycles. The van der Waals surface area contributed by atoms with E-state index in [0.717, 1.165) is 68.5 Å². The molecule has 0 radical (unpaired) electrons. The second-order valence-electron chi connectivity index (χ2n) is 14.4. The Morgan fingerprint density at radius 2 is 0.873 bits per heavy atom. The highest BCUT2D eigenvalue weighted by molar-refractivity contribution is 6.04. The van der Waals surface area contributed by atoms with E-state index in [2.05, 4.69) is 49.5 Å². The van der Waals surface area contributed by atoms with E-state index >= 15 is 0 Å². The minimum Gasteiger partial charge on any atom is -0.506 e. The lowest BCUT2D eigenvalue weighted by molar-refractivity contribution is 0.0928. The third-order valence-electron chi connectivity index (χ3n) is 10.2. The number of hydrogen-bond donors (Lipinski definition) is 10. The van der Waals surface area contributed by atoms with E-state index in [1.165, 1.54) is 24.3 Å². The number of amides is 4. The van der Waals surface area contributed by atoms with Crippen LogP contribution in [0, 0.1) is 0 Å². The molecule has 3 aliphatic heterocycles. The van der Waals surface area contributed by atoms with E-state index in [-0.39, 0.29) is 59.9 Å². The van der Waals surface area contributed by atoms with Crippen LogP contribution in [0.2, 0.25) is 0 Å². The monoisotopic (exact) mass is 756 g/mol. The van der Waals surface area contributed by atoms with Gasteiger partial charge in [-0.3, -0.25) is 19.2 Å². The van der Waals surface area contributed by atoms with Crippen molar-refractivity contribution in [2.75, 3.05) is 52.4 Å². The predicted octanol–water partition coefficient (Wildman–Crippen LogP) is 3.04. The first-order valence-electron chi connectivity index (χ1n) is 19.4. The second-order valence-corrected chi connectivity index (χ2v) is 14.4. The minimum atomic E-state index is -0.501. The smallest absolute Gasteiger partial charge is 0.255 e. The number of allylic oxidation sites excluding steroid dienone is 3. The van der Waals surface area contributed by atoms with Crippen molar-refractivity contribution < 1.29 is 29.4 Å². The minimum absolute atomic E-state index is 0.0243. The van der Waals surface area contributed by atoms with Crippen LogP contribution in [0.5, 0.6) is 11.5 Å². The highest BCUT2D eigenvalue weighted by atomic mass is 16.3. The van der Waals surface area contributed by atoms with Gasteiger partial charge in [0.1, 0.15) is 11.5 Å². The maximum absolute atomic E-state index is 13.3. The van der Waals surface area contributed by atoms with Crippen LogP contribution < -0.4 is 42.5 Å². The topological polar surface area (TPSA) is 205 Å². The lowest BCUT2D eigenvalue weighted by atomic mass is 9.93. The fraction of sp³-hybridized carbons (Fsp3) is 0.463. The zero-order chi connectivity index (χ0) is 39.0.